The van der Waals surface area contributed by atoms with Gasteiger partial charge < -0.3 is 9.64 Å². The maximum atomic E-state index is 11.1. The number of hydrogen-bond acceptors (Lipinski definition) is 3. The zero-order valence-electron chi connectivity index (χ0n) is 12.8. The minimum absolute atomic E-state index is 0.173. The van der Waals surface area contributed by atoms with Crippen molar-refractivity contribution in [3.8, 4) is 0 Å². The number of nitrogens with zero attached hydrogens (tertiary/aromatic N) is 1. The van der Waals surface area contributed by atoms with Gasteiger partial charge in [-0.1, -0.05) is 48.6 Å². The Labute approximate surface area is 131 Å². The van der Waals surface area contributed by atoms with Crippen LogP contribution in [0.2, 0.25) is 0 Å². The Kier molecular flexibility index (Phi) is 6.24. The van der Waals surface area contributed by atoms with E-state index in [0.29, 0.717) is 12.8 Å². The molecule has 0 saturated carbocycles. The maximum absolute atomic E-state index is 11.1. The van der Waals surface area contributed by atoms with Crippen LogP contribution in [0.3, 0.4) is 0 Å². The van der Waals surface area contributed by atoms with Crippen LogP contribution in [0, 0.1) is 0 Å². The number of anilines is 2. The first kappa shape index (κ1) is 15.8. The Balaban J connectivity index is 2.03. The molecule has 0 amide bonds. The number of allylic oxidation sites excluding steroid dienone is 1. The maximum Gasteiger partial charge on any atom is 0.305 e. The molecule has 2 aromatic carbocycles. The van der Waals surface area contributed by atoms with Crippen molar-refractivity contribution in [1.82, 2.24) is 0 Å². The first-order valence-electron chi connectivity index (χ1n) is 7.40. The van der Waals surface area contributed by atoms with Crippen molar-refractivity contribution in [2.45, 2.75) is 12.8 Å². The Hall–Kier alpha value is -2.55. The number of hydrogen-bond donors (Lipinski definition) is 0. The van der Waals surface area contributed by atoms with Gasteiger partial charge in [0.2, 0.25) is 0 Å². The number of carbonyl (C=O) groups excluding carboxylic acids is 1. The van der Waals surface area contributed by atoms with E-state index < -0.39 is 0 Å². The van der Waals surface area contributed by atoms with Crippen LogP contribution in [-0.4, -0.2) is 19.6 Å². The van der Waals surface area contributed by atoms with E-state index >= 15 is 0 Å². The molecule has 0 atom stereocenters. The normalized spacial score (nSPS) is 10.6. The highest BCUT2D eigenvalue weighted by Crippen LogP contribution is 2.24. The minimum atomic E-state index is -0.173. The second-order valence-corrected chi connectivity index (χ2v) is 4.87. The largest absolute Gasteiger partial charge is 0.469 e. The predicted octanol–water partition coefficient (Wildman–Crippen LogP) is 4.33. The Morgan fingerprint density at radius 1 is 0.955 bits per heavy atom. The highest BCUT2D eigenvalue weighted by atomic mass is 16.5. The number of methoxy groups -OCH3 is 1. The first-order valence-corrected chi connectivity index (χ1v) is 7.40. The number of carbonyl (C=O) groups is 1. The highest BCUT2D eigenvalue weighted by molar-refractivity contribution is 5.69. The fourth-order valence-corrected chi connectivity index (χ4v) is 2.18. The SMILES string of the molecule is COC(=O)CC/C=C/CN(c1ccccc1)c1ccccc1. The Morgan fingerprint density at radius 2 is 1.50 bits per heavy atom. The molecule has 0 saturated heterocycles. The third kappa shape index (κ3) is 4.77. The van der Waals surface area contributed by atoms with E-state index in [-0.39, 0.29) is 5.97 Å². The van der Waals surface area contributed by atoms with Crippen molar-refractivity contribution in [2.24, 2.45) is 0 Å². The topological polar surface area (TPSA) is 29.5 Å². The van der Waals surface area contributed by atoms with E-state index in [1.807, 2.05) is 42.5 Å². The predicted molar refractivity (Wildman–Crippen MR) is 90.3 cm³/mol. The molecule has 0 spiro atoms. The molecule has 0 N–H and O–H groups in total. The van der Waals surface area contributed by atoms with Crippen molar-refractivity contribution < 1.29 is 9.53 Å². The van der Waals surface area contributed by atoms with Crippen LogP contribution < -0.4 is 4.90 Å². The van der Waals surface area contributed by atoms with E-state index in [4.69, 9.17) is 0 Å². The van der Waals surface area contributed by atoms with Crippen molar-refractivity contribution in [3.63, 3.8) is 0 Å². The molecule has 0 radical (unpaired) electrons. The number of para-hydroxylation sites is 2. The summed E-state index contributed by atoms with van der Waals surface area (Å²) in [4.78, 5) is 13.3. The van der Waals surface area contributed by atoms with Gasteiger partial charge in [0, 0.05) is 24.3 Å². The van der Waals surface area contributed by atoms with Gasteiger partial charge in [-0.3, -0.25) is 4.79 Å². The third-order valence-electron chi connectivity index (χ3n) is 3.33. The summed E-state index contributed by atoms with van der Waals surface area (Å²) in [5, 5.41) is 0. The van der Waals surface area contributed by atoms with Gasteiger partial charge in [-0.2, -0.15) is 0 Å². The Morgan fingerprint density at radius 3 is 2.00 bits per heavy atom. The van der Waals surface area contributed by atoms with Crippen LogP contribution in [0.1, 0.15) is 12.8 Å². The molecule has 2 aromatic rings. The molecule has 3 nitrogen and oxygen atoms in total. The number of esters is 1. The lowest BCUT2D eigenvalue weighted by molar-refractivity contribution is -0.140. The zero-order valence-corrected chi connectivity index (χ0v) is 12.8. The van der Waals surface area contributed by atoms with Gasteiger partial charge >= 0.3 is 5.97 Å². The molecular weight excluding hydrogens is 274 g/mol. The van der Waals surface area contributed by atoms with E-state index in [9.17, 15) is 4.79 Å². The van der Waals surface area contributed by atoms with Gasteiger partial charge in [-0.15, -0.1) is 0 Å². The zero-order chi connectivity index (χ0) is 15.6. The molecule has 0 aromatic heterocycles. The smallest absolute Gasteiger partial charge is 0.305 e. The van der Waals surface area contributed by atoms with Gasteiger partial charge in [-0.05, 0) is 30.7 Å². The van der Waals surface area contributed by atoms with Crippen LogP contribution in [-0.2, 0) is 9.53 Å². The van der Waals surface area contributed by atoms with Crippen LogP contribution in [0.25, 0.3) is 0 Å². The van der Waals surface area contributed by atoms with Crippen molar-refractivity contribution in [2.75, 3.05) is 18.6 Å². The van der Waals surface area contributed by atoms with E-state index in [1.165, 1.54) is 7.11 Å². The molecular formula is C19H21NO2. The quantitative estimate of drug-likeness (QED) is 0.562. The second kappa shape index (κ2) is 8.67. The molecule has 0 unspecified atom stereocenters. The average molecular weight is 295 g/mol. The number of benzene rings is 2. The molecule has 0 bridgehead atoms. The number of rotatable bonds is 7. The molecule has 114 valence electrons. The third-order valence-corrected chi connectivity index (χ3v) is 3.33. The summed E-state index contributed by atoms with van der Waals surface area (Å²) in [6, 6.07) is 20.5. The lowest BCUT2D eigenvalue weighted by Crippen LogP contribution is -2.16. The van der Waals surface area contributed by atoms with Gasteiger partial charge in [0.15, 0.2) is 0 Å². The summed E-state index contributed by atoms with van der Waals surface area (Å²) >= 11 is 0. The first-order chi connectivity index (χ1) is 10.8. The lowest BCUT2D eigenvalue weighted by atomic mass is 10.2. The van der Waals surface area contributed by atoms with Crippen LogP contribution >= 0.6 is 0 Å². The Bertz CT molecular complexity index is 554. The number of ether oxygens (including phenoxy) is 1. The lowest BCUT2D eigenvalue weighted by Gasteiger charge is -2.23. The monoisotopic (exact) mass is 295 g/mol. The molecule has 22 heavy (non-hydrogen) atoms. The van der Waals surface area contributed by atoms with E-state index in [2.05, 4.69) is 40.0 Å². The fourth-order valence-electron chi connectivity index (χ4n) is 2.18. The van der Waals surface area contributed by atoms with Crippen LogP contribution in [0.15, 0.2) is 72.8 Å². The summed E-state index contributed by atoms with van der Waals surface area (Å²) in [7, 11) is 1.42. The molecule has 0 aliphatic carbocycles. The van der Waals surface area contributed by atoms with Crippen molar-refractivity contribution >= 4 is 17.3 Å². The molecule has 0 heterocycles. The molecule has 2 rings (SSSR count). The second-order valence-electron chi connectivity index (χ2n) is 4.87. The van der Waals surface area contributed by atoms with Crippen molar-refractivity contribution in [3.05, 3.63) is 72.8 Å². The molecule has 0 aliphatic rings. The minimum Gasteiger partial charge on any atom is -0.469 e. The summed E-state index contributed by atoms with van der Waals surface area (Å²) in [6.07, 6.45) is 5.23. The van der Waals surface area contributed by atoms with E-state index in [0.717, 1.165) is 17.9 Å². The summed E-state index contributed by atoms with van der Waals surface area (Å²) in [5.41, 5.74) is 2.29. The van der Waals surface area contributed by atoms with Gasteiger partial charge in [0.05, 0.1) is 7.11 Å². The summed E-state index contributed by atoms with van der Waals surface area (Å²) in [5.74, 6) is -0.173. The van der Waals surface area contributed by atoms with E-state index in [1.54, 1.807) is 0 Å². The van der Waals surface area contributed by atoms with Crippen LogP contribution in [0.4, 0.5) is 11.4 Å². The summed E-state index contributed by atoms with van der Waals surface area (Å²) in [6.45, 7) is 0.759. The standard InChI is InChI=1S/C19H21NO2/c1-22-19(21)15-9-4-10-16-20(17-11-5-2-6-12-17)18-13-7-3-8-14-18/h2-8,10-14H,9,15-16H2,1H3/b10-4+. The average Bonchev–Trinajstić information content (AvgIpc) is 2.59. The van der Waals surface area contributed by atoms with Gasteiger partial charge in [-0.25, -0.2) is 0 Å². The van der Waals surface area contributed by atoms with Crippen LogP contribution in [0.5, 0.6) is 0 Å². The summed E-state index contributed by atoms with van der Waals surface area (Å²) < 4.78 is 4.63. The highest BCUT2D eigenvalue weighted by Gasteiger charge is 2.06. The van der Waals surface area contributed by atoms with Gasteiger partial charge in [0.25, 0.3) is 0 Å². The fraction of sp³-hybridized carbons (Fsp3) is 0.211. The molecule has 3 heteroatoms. The molecule has 0 fully saturated rings. The van der Waals surface area contributed by atoms with Gasteiger partial charge in [0.1, 0.15) is 0 Å². The molecule has 0 aliphatic heterocycles. The van der Waals surface area contributed by atoms with Crippen molar-refractivity contribution in [1.29, 1.82) is 0 Å².